The molecular formula is C26H34N4O3. The van der Waals surface area contributed by atoms with Crippen molar-refractivity contribution in [2.45, 2.75) is 39.2 Å². The molecule has 7 heteroatoms. The van der Waals surface area contributed by atoms with Gasteiger partial charge in [0.25, 0.3) is 0 Å². The fourth-order valence-corrected chi connectivity index (χ4v) is 4.60. The number of methoxy groups -OCH3 is 2. The maximum atomic E-state index is 12.8. The second kappa shape index (κ2) is 10.6. The molecule has 33 heavy (non-hydrogen) atoms. The lowest BCUT2D eigenvalue weighted by Crippen LogP contribution is -2.41. The molecule has 0 aliphatic carbocycles. The van der Waals surface area contributed by atoms with E-state index in [1.807, 2.05) is 24.3 Å². The molecule has 1 aliphatic rings. The number of aryl methyl sites for hydroxylation is 1. The van der Waals surface area contributed by atoms with Crippen LogP contribution in [0, 0.1) is 5.92 Å². The number of imidazole rings is 1. The summed E-state index contributed by atoms with van der Waals surface area (Å²) in [6.45, 7) is 5.45. The fourth-order valence-electron chi connectivity index (χ4n) is 4.60. The molecule has 176 valence electrons. The van der Waals surface area contributed by atoms with Gasteiger partial charge >= 0.3 is 0 Å². The van der Waals surface area contributed by atoms with Crippen molar-refractivity contribution >= 4 is 22.9 Å². The second-order valence-electron chi connectivity index (χ2n) is 8.54. The number of carbonyl (C=O) groups is 1. The first-order valence-corrected chi connectivity index (χ1v) is 11.8. The number of benzene rings is 2. The largest absolute Gasteiger partial charge is 0.493 e. The first-order chi connectivity index (χ1) is 16.1. The molecule has 1 fully saturated rings. The van der Waals surface area contributed by atoms with Crippen molar-refractivity contribution in [2.24, 2.45) is 5.92 Å². The molecule has 0 radical (unpaired) electrons. The number of hydrogen-bond donors (Lipinski definition) is 1. The van der Waals surface area contributed by atoms with E-state index in [1.54, 1.807) is 14.2 Å². The Morgan fingerprint density at radius 3 is 2.58 bits per heavy atom. The van der Waals surface area contributed by atoms with Gasteiger partial charge in [0.1, 0.15) is 0 Å². The summed E-state index contributed by atoms with van der Waals surface area (Å²) in [4.78, 5) is 20.0. The van der Waals surface area contributed by atoms with Gasteiger partial charge in [-0.2, -0.15) is 0 Å². The number of rotatable bonds is 9. The molecule has 1 amide bonds. The molecule has 1 aromatic heterocycles. The molecule has 7 nitrogen and oxygen atoms in total. The number of anilines is 1. The summed E-state index contributed by atoms with van der Waals surface area (Å²) in [6, 6.07) is 14.2. The third-order valence-electron chi connectivity index (χ3n) is 6.39. The van der Waals surface area contributed by atoms with Crippen LogP contribution in [-0.4, -0.2) is 49.3 Å². The van der Waals surface area contributed by atoms with Gasteiger partial charge in [0.15, 0.2) is 11.5 Å². The van der Waals surface area contributed by atoms with Crippen molar-refractivity contribution in [1.29, 1.82) is 0 Å². The van der Waals surface area contributed by atoms with Crippen LogP contribution in [0.5, 0.6) is 11.5 Å². The maximum absolute atomic E-state index is 12.8. The van der Waals surface area contributed by atoms with Crippen LogP contribution in [0.4, 0.5) is 5.95 Å². The Hall–Kier alpha value is -3.22. The average Bonchev–Trinajstić information content (AvgIpc) is 3.22. The van der Waals surface area contributed by atoms with Crippen molar-refractivity contribution in [3.8, 4) is 11.5 Å². The number of nitrogens with one attached hydrogen (secondary N) is 1. The second-order valence-corrected chi connectivity index (χ2v) is 8.54. The number of piperidine rings is 1. The zero-order valence-electron chi connectivity index (χ0n) is 19.8. The van der Waals surface area contributed by atoms with Crippen molar-refractivity contribution in [3.05, 3.63) is 48.0 Å². The van der Waals surface area contributed by atoms with Gasteiger partial charge in [0.05, 0.1) is 25.3 Å². The van der Waals surface area contributed by atoms with Crippen LogP contribution in [0.3, 0.4) is 0 Å². The van der Waals surface area contributed by atoms with Gasteiger partial charge in [-0.15, -0.1) is 0 Å². The van der Waals surface area contributed by atoms with E-state index in [4.69, 9.17) is 14.5 Å². The number of aromatic nitrogens is 2. The van der Waals surface area contributed by atoms with E-state index in [2.05, 4.69) is 39.9 Å². The number of para-hydroxylation sites is 2. The standard InChI is InChI=1S/C26H34N4O3/c1-4-15-30-22-8-6-5-7-21(22)28-26(30)29-16-12-20(13-17-29)25(31)27-14-11-19-9-10-23(32-2)24(18-19)33-3/h5-10,18,20H,4,11-17H2,1-3H3,(H,27,31). The fraction of sp³-hybridized carbons (Fsp3) is 0.462. The summed E-state index contributed by atoms with van der Waals surface area (Å²) in [5, 5.41) is 3.12. The van der Waals surface area contributed by atoms with Crippen LogP contribution in [-0.2, 0) is 17.8 Å². The molecule has 0 atom stereocenters. The van der Waals surface area contributed by atoms with Crippen molar-refractivity contribution < 1.29 is 14.3 Å². The maximum Gasteiger partial charge on any atom is 0.223 e. The number of nitrogens with zero attached hydrogens (tertiary/aromatic N) is 3. The van der Waals surface area contributed by atoms with Gasteiger partial charge in [-0.25, -0.2) is 4.98 Å². The lowest BCUT2D eigenvalue weighted by atomic mass is 9.96. The zero-order chi connectivity index (χ0) is 23.2. The van der Waals surface area contributed by atoms with Gasteiger partial charge < -0.3 is 24.3 Å². The van der Waals surface area contributed by atoms with Crippen LogP contribution in [0.1, 0.15) is 31.7 Å². The molecular weight excluding hydrogens is 416 g/mol. The molecule has 4 rings (SSSR count). The van der Waals surface area contributed by atoms with E-state index >= 15 is 0 Å². The van der Waals surface area contributed by atoms with E-state index in [1.165, 1.54) is 5.52 Å². The Bertz CT molecular complexity index is 1090. The van der Waals surface area contributed by atoms with Crippen molar-refractivity contribution in [1.82, 2.24) is 14.9 Å². The molecule has 1 N–H and O–H groups in total. The van der Waals surface area contributed by atoms with Gasteiger partial charge in [-0.3, -0.25) is 4.79 Å². The topological polar surface area (TPSA) is 68.6 Å². The van der Waals surface area contributed by atoms with E-state index < -0.39 is 0 Å². The molecule has 0 saturated carbocycles. The number of fused-ring (bicyclic) bond motifs is 1. The van der Waals surface area contributed by atoms with Gasteiger partial charge in [-0.05, 0) is 55.5 Å². The highest BCUT2D eigenvalue weighted by Crippen LogP contribution is 2.28. The Kier molecular flexibility index (Phi) is 7.37. The van der Waals surface area contributed by atoms with Crippen LogP contribution in [0.15, 0.2) is 42.5 Å². The lowest BCUT2D eigenvalue weighted by molar-refractivity contribution is -0.125. The summed E-state index contributed by atoms with van der Waals surface area (Å²) in [5.41, 5.74) is 3.33. The normalized spacial score (nSPS) is 14.5. The number of hydrogen-bond acceptors (Lipinski definition) is 5. The Morgan fingerprint density at radius 2 is 1.85 bits per heavy atom. The summed E-state index contributed by atoms with van der Waals surface area (Å²) in [5.74, 6) is 2.66. The minimum absolute atomic E-state index is 0.0515. The third-order valence-corrected chi connectivity index (χ3v) is 6.39. The summed E-state index contributed by atoms with van der Waals surface area (Å²) in [7, 11) is 3.26. The van der Waals surface area contributed by atoms with Crippen LogP contribution < -0.4 is 19.7 Å². The molecule has 0 unspecified atom stereocenters. The van der Waals surface area contributed by atoms with Crippen LogP contribution in [0.25, 0.3) is 11.0 Å². The highest BCUT2D eigenvalue weighted by molar-refractivity contribution is 5.80. The molecule has 1 saturated heterocycles. The van der Waals surface area contributed by atoms with Gasteiger partial charge in [0.2, 0.25) is 11.9 Å². The summed E-state index contributed by atoms with van der Waals surface area (Å²) >= 11 is 0. The number of carbonyl (C=O) groups excluding carboxylic acids is 1. The molecule has 2 heterocycles. The predicted octanol–water partition coefficient (Wildman–Crippen LogP) is 4.04. The summed E-state index contributed by atoms with van der Waals surface area (Å²) < 4.78 is 13.0. The molecule has 1 aliphatic heterocycles. The highest BCUT2D eigenvalue weighted by atomic mass is 16.5. The zero-order valence-corrected chi connectivity index (χ0v) is 19.8. The first-order valence-electron chi connectivity index (χ1n) is 11.8. The van der Waals surface area contributed by atoms with Crippen molar-refractivity contribution in [3.63, 3.8) is 0 Å². The molecule has 0 bridgehead atoms. The third kappa shape index (κ3) is 5.07. The Balaban J connectivity index is 1.31. The minimum Gasteiger partial charge on any atom is -0.493 e. The Morgan fingerprint density at radius 1 is 1.09 bits per heavy atom. The quantitative estimate of drug-likeness (QED) is 0.533. The average molecular weight is 451 g/mol. The van der Waals surface area contributed by atoms with E-state index in [0.717, 1.165) is 62.3 Å². The predicted molar refractivity (Wildman–Crippen MR) is 131 cm³/mol. The summed E-state index contributed by atoms with van der Waals surface area (Å²) in [6.07, 6.45) is 3.51. The minimum atomic E-state index is 0.0515. The smallest absolute Gasteiger partial charge is 0.223 e. The van der Waals surface area contributed by atoms with Crippen molar-refractivity contribution in [2.75, 3.05) is 38.8 Å². The van der Waals surface area contributed by atoms with Crippen LogP contribution >= 0.6 is 0 Å². The number of amides is 1. The van der Waals surface area contributed by atoms with Crippen LogP contribution in [0.2, 0.25) is 0 Å². The Labute approximate surface area is 195 Å². The van der Waals surface area contributed by atoms with E-state index in [9.17, 15) is 4.79 Å². The van der Waals surface area contributed by atoms with Gasteiger partial charge in [0, 0.05) is 32.1 Å². The van der Waals surface area contributed by atoms with E-state index in [-0.39, 0.29) is 11.8 Å². The van der Waals surface area contributed by atoms with Gasteiger partial charge in [-0.1, -0.05) is 25.1 Å². The highest BCUT2D eigenvalue weighted by Gasteiger charge is 2.27. The first kappa shape index (κ1) is 23.0. The molecule has 3 aromatic rings. The number of ether oxygens (including phenoxy) is 2. The molecule has 2 aromatic carbocycles. The monoisotopic (exact) mass is 450 g/mol. The molecule has 0 spiro atoms. The SMILES string of the molecule is CCCn1c(N2CCC(C(=O)NCCc3ccc(OC)c(OC)c3)CC2)nc2ccccc21. The van der Waals surface area contributed by atoms with E-state index in [0.29, 0.717) is 18.0 Å². The lowest BCUT2D eigenvalue weighted by Gasteiger charge is -2.32.